The topological polar surface area (TPSA) is 71.3 Å². The number of thiophene rings is 1. The van der Waals surface area contributed by atoms with Gasteiger partial charge in [0.1, 0.15) is 5.82 Å². The molecule has 0 saturated heterocycles. The Labute approximate surface area is 194 Å². The number of anilines is 1. The van der Waals surface area contributed by atoms with E-state index >= 15 is 0 Å². The number of nitrogens with one attached hydrogen (secondary N) is 1. The zero-order chi connectivity index (χ0) is 23.1. The molecule has 5 rings (SSSR count). The molecule has 8 heteroatoms. The van der Waals surface area contributed by atoms with Gasteiger partial charge in [-0.25, -0.2) is 9.18 Å². The minimum absolute atomic E-state index is 0.284. The van der Waals surface area contributed by atoms with Gasteiger partial charge in [-0.05, 0) is 73.2 Å². The number of halogens is 1. The summed E-state index contributed by atoms with van der Waals surface area (Å²) >= 11 is 1.51. The molecule has 1 aliphatic rings. The SMILES string of the molecule is CC1=C(c2nc(-c3cccs3)no2)C(c2ccc(F)cc2)NC(=O)N1c1cc(C)cc(C)c1. The van der Waals surface area contributed by atoms with Crippen LogP contribution in [-0.2, 0) is 0 Å². The summed E-state index contributed by atoms with van der Waals surface area (Å²) in [6.45, 7) is 5.84. The van der Waals surface area contributed by atoms with Crippen LogP contribution in [0.25, 0.3) is 16.3 Å². The minimum atomic E-state index is -0.572. The fraction of sp³-hybridized carbons (Fsp3) is 0.160. The van der Waals surface area contributed by atoms with Crippen molar-refractivity contribution in [1.29, 1.82) is 0 Å². The Bertz CT molecular complexity index is 1340. The minimum Gasteiger partial charge on any atom is -0.334 e. The van der Waals surface area contributed by atoms with Gasteiger partial charge in [0.15, 0.2) is 0 Å². The Balaban J connectivity index is 1.68. The average molecular weight is 461 g/mol. The van der Waals surface area contributed by atoms with Gasteiger partial charge in [0.25, 0.3) is 5.89 Å². The van der Waals surface area contributed by atoms with Gasteiger partial charge in [0, 0.05) is 5.70 Å². The molecule has 0 bridgehead atoms. The second-order valence-electron chi connectivity index (χ2n) is 8.01. The third-order valence-corrected chi connectivity index (χ3v) is 6.42. The van der Waals surface area contributed by atoms with Crippen LogP contribution in [-0.4, -0.2) is 16.2 Å². The summed E-state index contributed by atoms with van der Waals surface area (Å²) in [5.41, 5.74) is 4.89. The Kier molecular flexibility index (Phi) is 5.30. The number of hydrogen-bond acceptors (Lipinski definition) is 5. The molecule has 1 N–H and O–H groups in total. The summed E-state index contributed by atoms with van der Waals surface area (Å²) in [4.78, 5) is 20.4. The number of allylic oxidation sites excluding steroid dienone is 1. The number of nitrogens with zero attached hydrogens (tertiary/aromatic N) is 3. The summed E-state index contributed by atoms with van der Waals surface area (Å²) in [6, 6.07) is 15.0. The first-order valence-corrected chi connectivity index (χ1v) is 11.3. The highest BCUT2D eigenvalue weighted by atomic mass is 32.1. The lowest BCUT2D eigenvalue weighted by atomic mass is 9.94. The van der Waals surface area contributed by atoms with E-state index in [1.165, 1.54) is 23.5 Å². The van der Waals surface area contributed by atoms with Crippen LogP contribution in [0.2, 0.25) is 0 Å². The van der Waals surface area contributed by atoms with Gasteiger partial charge in [-0.2, -0.15) is 4.98 Å². The van der Waals surface area contributed by atoms with Crippen LogP contribution in [0, 0.1) is 19.7 Å². The number of carbonyl (C=O) groups excluding carboxylic acids is 1. The van der Waals surface area contributed by atoms with E-state index in [2.05, 4.69) is 21.5 Å². The molecule has 33 heavy (non-hydrogen) atoms. The summed E-state index contributed by atoms with van der Waals surface area (Å²) in [7, 11) is 0. The number of hydrogen-bond donors (Lipinski definition) is 1. The lowest BCUT2D eigenvalue weighted by molar-refractivity contribution is 0.244. The van der Waals surface area contributed by atoms with Gasteiger partial charge in [0.05, 0.1) is 22.2 Å². The van der Waals surface area contributed by atoms with Crippen LogP contribution in [0.4, 0.5) is 14.9 Å². The first-order chi connectivity index (χ1) is 15.9. The van der Waals surface area contributed by atoms with Crippen molar-refractivity contribution in [3.05, 3.63) is 94.1 Å². The highest BCUT2D eigenvalue weighted by Gasteiger charge is 2.36. The molecule has 2 amide bonds. The number of carbonyl (C=O) groups is 1. The van der Waals surface area contributed by atoms with Crippen molar-refractivity contribution in [2.45, 2.75) is 26.8 Å². The molecule has 1 aliphatic heterocycles. The average Bonchev–Trinajstić information content (AvgIpc) is 3.45. The van der Waals surface area contributed by atoms with Crippen molar-refractivity contribution < 1.29 is 13.7 Å². The van der Waals surface area contributed by atoms with Gasteiger partial charge in [0.2, 0.25) is 5.82 Å². The molecule has 3 heterocycles. The van der Waals surface area contributed by atoms with Crippen LogP contribution in [0.15, 0.2) is 70.2 Å². The van der Waals surface area contributed by atoms with E-state index in [0.29, 0.717) is 23.0 Å². The number of rotatable bonds is 4. The maximum absolute atomic E-state index is 13.6. The molecular formula is C25H21FN4O2S. The number of aryl methyl sites for hydroxylation is 2. The highest BCUT2D eigenvalue weighted by molar-refractivity contribution is 7.13. The van der Waals surface area contributed by atoms with E-state index in [-0.39, 0.29) is 11.8 Å². The van der Waals surface area contributed by atoms with Crippen LogP contribution in [0.5, 0.6) is 0 Å². The van der Waals surface area contributed by atoms with Gasteiger partial charge < -0.3 is 9.84 Å². The number of urea groups is 1. The van der Waals surface area contributed by atoms with E-state index in [4.69, 9.17) is 4.52 Å². The van der Waals surface area contributed by atoms with Crippen molar-refractivity contribution in [3.8, 4) is 10.7 Å². The van der Waals surface area contributed by atoms with Crippen LogP contribution in [0.3, 0.4) is 0 Å². The molecule has 1 unspecified atom stereocenters. The summed E-state index contributed by atoms with van der Waals surface area (Å²) < 4.78 is 19.3. The summed E-state index contributed by atoms with van der Waals surface area (Å²) in [5, 5.41) is 9.14. The molecular weight excluding hydrogens is 439 g/mol. The molecule has 1 atom stereocenters. The van der Waals surface area contributed by atoms with Gasteiger partial charge in [-0.15, -0.1) is 11.3 Å². The maximum Gasteiger partial charge on any atom is 0.326 e. The standard InChI is InChI=1S/C25H21FN4O2S/c1-14-11-15(2)13-19(12-14)30-16(3)21(24-28-23(29-32-24)20-5-4-10-33-20)22(27-25(30)31)17-6-8-18(26)9-7-17/h4-13,22H,1-3H3,(H,27,31). The molecule has 166 valence electrons. The van der Waals surface area contributed by atoms with Crippen molar-refractivity contribution in [3.63, 3.8) is 0 Å². The Morgan fingerprint density at radius 1 is 1.06 bits per heavy atom. The first kappa shape index (κ1) is 21.1. The quantitative estimate of drug-likeness (QED) is 0.390. The van der Waals surface area contributed by atoms with E-state index in [1.807, 2.05) is 50.4 Å². The van der Waals surface area contributed by atoms with Crippen LogP contribution < -0.4 is 10.2 Å². The Morgan fingerprint density at radius 2 is 1.79 bits per heavy atom. The fourth-order valence-corrected chi connectivity index (χ4v) is 4.80. The smallest absolute Gasteiger partial charge is 0.326 e. The van der Waals surface area contributed by atoms with E-state index in [0.717, 1.165) is 27.3 Å². The van der Waals surface area contributed by atoms with Crippen molar-refractivity contribution in [2.75, 3.05) is 4.90 Å². The van der Waals surface area contributed by atoms with Crippen molar-refractivity contribution >= 4 is 28.6 Å². The highest BCUT2D eigenvalue weighted by Crippen LogP contribution is 2.39. The molecule has 6 nitrogen and oxygen atoms in total. The lowest BCUT2D eigenvalue weighted by Crippen LogP contribution is -2.46. The molecule has 0 radical (unpaired) electrons. The van der Waals surface area contributed by atoms with Crippen LogP contribution in [0.1, 0.15) is 35.5 Å². The first-order valence-electron chi connectivity index (χ1n) is 10.4. The third-order valence-electron chi connectivity index (χ3n) is 5.55. The zero-order valence-corrected chi connectivity index (χ0v) is 19.1. The Hall–Kier alpha value is -3.78. The molecule has 0 spiro atoms. The number of amides is 2. The predicted molar refractivity (Wildman–Crippen MR) is 126 cm³/mol. The fourth-order valence-electron chi connectivity index (χ4n) is 4.15. The van der Waals surface area contributed by atoms with Crippen molar-refractivity contribution in [1.82, 2.24) is 15.5 Å². The van der Waals surface area contributed by atoms with E-state index < -0.39 is 6.04 Å². The van der Waals surface area contributed by atoms with Gasteiger partial charge in [-0.1, -0.05) is 29.4 Å². The van der Waals surface area contributed by atoms with Gasteiger partial charge in [-0.3, -0.25) is 4.90 Å². The monoisotopic (exact) mass is 460 g/mol. The second kappa shape index (κ2) is 8.29. The summed E-state index contributed by atoms with van der Waals surface area (Å²) in [6.07, 6.45) is 0. The lowest BCUT2D eigenvalue weighted by Gasteiger charge is -2.35. The molecule has 0 aliphatic carbocycles. The third kappa shape index (κ3) is 3.93. The molecule has 2 aromatic carbocycles. The maximum atomic E-state index is 13.6. The normalized spacial score (nSPS) is 16.3. The van der Waals surface area contributed by atoms with E-state index in [1.54, 1.807) is 17.0 Å². The molecule has 2 aromatic heterocycles. The second-order valence-corrected chi connectivity index (χ2v) is 8.96. The van der Waals surface area contributed by atoms with Crippen LogP contribution >= 0.6 is 11.3 Å². The number of aromatic nitrogens is 2. The molecule has 4 aromatic rings. The predicted octanol–water partition coefficient (Wildman–Crippen LogP) is 6.26. The Morgan fingerprint density at radius 3 is 2.45 bits per heavy atom. The van der Waals surface area contributed by atoms with Gasteiger partial charge >= 0.3 is 6.03 Å². The number of benzene rings is 2. The van der Waals surface area contributed by atoms with E-state index in [9.17, 15) is 9.18 Å². The summed E-state index contributed by atoms with van der Waals surface area (Å²) in [5.74, 6) is 0.436. The molecule has 0 fully saturated rings. The van der Waals surface area contributed by atoms with Crippen molar-refractivity contribution in [2.24, 2.45) is 0 Å². The largest absolute Gasteiger partial charge is 0.334 e. The zero-order valence-electron chi connectivity index (χ0n) is 18.3. The molecule has 0 saturated carbocycles.